The number of hydrogen-bond donors (Lipinski definition) is 0. The number of carbonyl (C=O) groups excluding carboxylic acids is 2. The monoisotopic (exact) mass is 403 g/mol. The lowest BCUT2D eigenvalue weighted by molar-refractivity contribution is -0.159. The first-order valence-electron chi connectivity index (χ1n) is 8.56. The molecule has 3 saturated heterocycles. The Kier molecular flexibility index (Phi) is 3.02. The Hall–Kier alpha value is -2.18. The maximum absolute atomic E-state index is 13.5. The number of benzene rings is 1. The number of nitrogens with zero attached hydrogens (tertiary/aromatic N) is 3. The van der Waals surface area contributed by atoms with Crippen LogP contribution in [0.1, 0.15) is 31.9 Å². The molecule has 0 aromatic heterocycles. The molecule has 1 aromatic rings. The second-order valence-corrected chi connectivity index (χ2v) is 10.8. The first kappa shape index (κ1) is 17.0. The molecule has 4 heterocycles. The van der Waals surface area contributed by atoms with E-state index in [0.717, 1.165) is 5.56 Å². The van der Waals surface area contributed by atoms with Crippen molar-refractivity contribution in [1.82, 2.24) is 9.80 Å². The fourth-order valence-electron chi connectivity index (χ4n) is 4.92. The highest BCUT2D eigenvalue weighted by molar-refractivity contribution is 8.31. The van der Waals surface area contributed by atoms with Crippen LogP contribution in [0, 0.1) is 16.7 Å². The molecule has 1 unspecified atom stereocenters. The molecule has 2 bridgehead atoms. The van der Waals surface area contributed by atoms with E-state index >= 15 is 0 Å². The first-order valence-corrected chi connectivity index (χ1v) is 10.7. The second kappa shape index (κ2) is 4.80. The van der Waals surface area contributed by atoms with Gasteiger partial charge in [-0.25, -0.2) is 0 Å². The van der Waals surface area contributed by atoms with Gasteiger partial charge < -0.3 is 19.3 Å². The van der Waals surface area contributed by atoms with Gasteiger partial charge in [0.2, 0.25) is 6.79 Å². The number of amides is 2. The van der Waals surface area contributed by atoms with Gasteiger partial charge in [0, 0.05) is 13.5 Å². The number of fused-ring (bicyclic) bond motifs is 2. The van der Waals surface area contributed by atoms with Gasteiger partial charge in [-0.05, 0) is 42.7 Å². The van der Waals surface area contributed by atoms with Crippen molar-refractivity contribution in [2.45, 2.75) is 36.1 Å². The minimum atomic E-state index is -1.12. The van der Waals surface area contributed by atoms with E-state index in [1.807, 2.05) is 6.07 Å². The van der Waals surface area contributed by atoms with Gasteiger partial charge in [-0.3, -0.25) is 9.59 Å². The molecule has 140 valence electrons. The lowest BCUT2D eigenvalue weighted by Crippen LogP contribution is -2.60. The van der Waals surface area contributed by atoms with Gasteiger partial charge >= 0.3 is 0 Å². The molecule has 5 atom stereocenters. The predicted octanol–water partition coefficient (Wildman–Crippen LogP) is 1.20. The van der Waals surface area contributed by atoms with E-state index < -0.39 is 30.7 Å². The Bertz CT molecular complexity index is 1010. The summed E-state index contributed by atoms with van der Waals surface area (Å²) in [6, 6.07) is 7.23. The van der Waals surface area contributed by atoms with E-state index in [9.17, 15) is 14.9 Å². The summed E-state index contributed by atoms with van der Waals surface area (Å²) in [4.78, 5) is 27.6. The van der Waals surface area contributed by atoms with Crippen LogP contribution < -0.4 is 9.47 Å². The molecule has 1 spiro atoms. The standard InChI is InChI=1S/C18H17N3O4S2/c1-16(8-19)7-18-15(23)20(3)17(2,27(18)26)14(22)21(18)13(16)10-4-5-11-12(6-10)25-9-24-11/h4-6,13H,7,9H2,1-3H3/t13-,16-,17+,18+,27?/m0/s1. The van der Waals surface area contributed by atoms with Gasteiger partial charge in [0.1, 0.15) is 0 Å². The van der Waals surface area contributed by atoms with Crippen molar-refractivity contribution in [1.29, 1.82) is 5.26 Å². The third-order valence-corrected chi connectivity index (χ3v) is 10.5. The van der Waals surface area contributed by atoms with Gasteiger partial charge in [0.15, 0.2) is 21.2 Å². The maximum Gasteiger partial charge on any atom is 0.261 e. The van der Waals surface area contributed by atoms with Gasteiger partial charge in [0.25, 0.3) is 11.8 Å². The van der Waals surface area contributed by atoms with E-state index in [0.29, 0.717) is 11.5 Å². The SMILES string of the molecule is CN1C(=O)[C@]23C[C@@](C)(C#N)[C@H](c4ccc5c(c4)OCO5)N2C(=O)[C@@]1(C)S3=S. The molecule has 0 radical (unpaired) electrons. The third-order valence-electron chi connectivity index (χ3n) is 6.39. The molecule has 5 rings (SSSR count). The van der Waals surface area contributed by atoms with E-state index in [1.54, 1.807) is 37.9 Å². The highest BCUT2D eigenvalue weighted by Crippen LogP contribution is 2.65. The lowest BCUT2D eigenvalue weighted by atomic mass is 9.79. The van der Waals surface area contributed by atoms with Crippen LogP contribution in [0.3, 0.4) is 0 Å². The molecule has 0 aliphatic carbocycles. The number of rotatable bonds is 1. The highest BCUT2D eigenvalue weighted by atomic mass is 32.8. The molecule has 0 saturated carbocycles. The summed E-state index contributed by atoms with van der Waals surface area (Å²) in [5, 5.41) is 10.0. The summed E-state index contributed by atoms with van der Waals surface area (Å²) in [5.41, 5.74) is -0.178. The Balaban J connectivity index is 1.73. The summed E-state index contributed by atoms with van der Waals surface area (Å²) >= 11 is 5.76. The zero-order valence-electron chi connectivity index (χ0n) is 15.0. The van der Waals surface area contributed by atoms with Gasteiger partial charge in [0.05, 0.1) is 17.5 Å². The number of likely N-dealkylation sites (N-methyl/N-ethyl adjacent to an activating group) is 1. The van der Waals surface area contributed by atoms with E-state index in [1.165, 1.54) is 4.90 Å². The number of ether oxygens (including phenoxy) is 2. The van der Waals surface area contributed by atoms with Gasteiger partial charge in [-0.1, -0.05) is 15.5 Å². The molecule has 4 aliphatic heterocycles. The summed E-state index contributed by atoms with van der Waals surface area (Å²) in [6.45, 7) is 3.69. The van der Waals surface area contributed by atoms with Gasteiger partial charge in [-0.2, -0.15) is 5.26 Å². The van der Waals surface area contributed by atoms with Crippen LogP contribution in [-0.4, -0.2) is 45.2 Å². The smallest absolute Gasteiger partial charge is 0.261 e. The van der Waals surface area contributed by atoms with Crippen molar-refractivity contribution in [2.24, 2.45) is 5.41 Å². The summed E-state index contributed by atoms with van der Waals surface area (Å²) in [6.07, 6.45) is 0.243. The van der Waals surface area contributed by atoms with Crippen LogP contribution in [-0.2, 0) is 30.2 Å². The van der Waals surface area contributed by atoms with Crippen LogP contribution in [0.25, 0.3) is 0 Å². The molecule has 27 heavy (non-hydrogen) atoms. The van der Waals surface area contributed by atoms with Crippen molar-refractivity contribution in [3.63, 3.8) is 0 Å². The lowest BCUT2D eigenvalue weighted by Gasteiger charge is -2.39. The Morgan fingerprint density at radius 1 is 1.26 bits per heavy atom. The molecule has 9 heteroatoms. The Morgan fingerprint density at radius 3 is 2.67 bits per heavy atom. The number of piperazine rings is 1. The summed E-state index contributed by atoms with van der Waals surface area (Å²) in [7, 11) is 0.689. The third kappa shape index (κ3) is 1.61. The number of carbonyl (C=O) groups is 2. The average molecular weight is 403 g/mol. The van der Waals surface area contributed by atoms with Gasteiger partial charge in [-0.15, -0.1) is 0 Å². The molecule has 4 aliphatic rings. The zero-order valence-corrected chi connectivity index (χ0v) is 16.6. The molecule has 3 fully saturated rings. The Labute approximate surface area is 163 Å². The fourth-order valence-corrected chi connectivity index (χ4v) is 8.44. The summed E-state index contributed by atoms with van der Waals surface area (Å²) < 4.78 is 10.8. The first-order chi connectivity index (χ1) is 12.7. The molecule has 7 nitrogen and oxygen atoms in total. The minimum absolute atomic E-state index is 0.141. The molecular weight excluding hydrogens is 386 g/mol. The summed E-state index contributed by atoms with van der Waals surface area (Å²) in [5.74, 6) is 0.875. The molecular formula is C18H17N3O4S2. The predicted molar refractivity (Wildman–Crippen MR) is 99.1 cm³/mol. The van der Waals surface area contributed by atoms with Crippen LogP contribution >= 0.6 is 0 Å². The van der Waals surface area contributed by atoms with Crippen molar-refractivity contribution in [3.8, 4) is 17.6 Å². The number of nitriles is 1. The van der Waals surface area contributed by atoms with Crippen molar-refractivity contribution < 1.29 is 19.1 Å². The van der Waals surface area contributed by atoms with Crippen LogP contribution in [0.5, 0.6) is 11.5 Å². The zero-order chi connectivity index (χ0) is 19.4. The molecule has 2 amide bonds. The second-order valence-electron chi connectivity index (χ2n) is 7.80. The molecule has 1 aromatic carbocycles. The van der Waals surface area contributed by atoms with Crippen LogP contribution in [0.15, 0.2) is 18.2 Å². The van der Waals surface area contributed by atoms with Crippen molar-refractivity contribution >= 4 is 32.5 Å². The molecule has 0 N–H and O–H groups in total. The van der Waals surface area contributed by atoms with Crippen LogP contribution in [0.2, 0.25) is 0 Å². The van der Waals surface area contributed by atoms with E-state index in [-0.39, 0.29) is 25.0 Å². The van der Waals surface area contributed by atoms with E-state index in [4.69, 9.17) is 20.7 Å². The highest BCUT2D eigenvalue weighted by Gasteiger charge is 2.80. The Morgan fingerprint density at radius 2 is 1.96 bits per heavy atom. The number of hydrogen-bond acceptors (Lipinski definition) is 6. The fraction of sp³-hybridized carbons (Fsp3) is 0.500. The van der Waals surface area contributed by atoms with E-state index in [2.05, 4.69) is 6.07 Å². The van der Waals surface area contributed by atoms with Crippen molar-refractivity contribution in [3.05, 3.63) is 23.8 Å². The largest absolute Gasteiger partial charge is 0.454 e. The maximum atomic E-state index is 13.5. The van der Waals surface area contributed by atoms with Crippen LogP contribution in [0.4, 0.5) is 0 Å². The average Bonchev–Trinajstić information content (AvgIpc) is 3.31. The topological polar surface area (TPSA) is 82.9 Å². The van der Waals surface area contributed by atoms with Crippen molar-refractivity contribution in [2.75, 3.05) is 13.8 Å². The normalized spacial score (nSPS) is 41.3. The quantitative estimate of drug-likeness (QED) is 0.701. The minimum Gasteiger partial charge on any atom is -0.454 e.